The number of aromatic nitrogens is 3. The second-order valence-corrected chi connectivity index (χ2v) is 12.7. The van der Waals surface area contributed by atoms with E-state index < -0.39 is 0 Å². The summed E-state index contributed by atoms with van der Waals surface area (Å²) in [7, 11) is 0. The Morgan fingerprint density at radius 3 is 2.10 bits per heavy atom. The molecule has 0 aliphatic heterocycles. The van der Waals surface area contributed by atoms with Crippen LogP contribution >= 0.6 is 0 Å². The molecule has 1 aliphatic carbocycles. The Hall–Kier alpha value is -6.13. The van der Waals surface area contributed by atoms with Crippen molar-refractivity contribution >= 4 is 38.3 Å². The molecule has 4 heteroatoms. The van der Waals surface area contributed by atoms with Crippen LogP contribution in [-0.4, -0.2) is 15.0 Å². The molecule has 0 fully saturated rings. The molecule has 9 rings (SSSR count). The van der Waals surface area contributed by atoms with Crippen LogP contribution in [-0.2, 0) is 5.41 Å². The minimum Gasteiger partial charge on any atom is -0.455 e. The zero-order valence-corrected chi connectivity index (χ0v) is 26.5. The van der Waals surface area contributed by atoms with Crippen molar-refractivity contribution in [2.24, 2.45) is 0 Å². The van der Waals surface area contributed by atoms with Crippen LogP contribution in [0.5, 0.6) is 0 Å². The van der Waals surface area contributed by atoms with Crippen molar-refractivity contribution in [3.63, 3.8) is 0 Å². The summed E-state index contributed by atoms with van der Waals surface area (Å²) in [6.45, 7) is 2.28. The van der Waals surface area contributed by atoms with Gasteiger partial charge in [0, 0.05) is 38.5 Å². The van der Waals surface area contributed by atoms with Crippen molar-refractivity contribution < 1.29 is 4.42 Å². The molecule has 0 saturated carbocycles. The van der Waals surface area contributed by atoms with Crippen LogP contribution in [0.4, 0.5) is 0 Å². The lowest BCUT2D eigenvalue weighted by Gasteiger charge is -2.28. The van der Waals surface area contributed by atoms with E-state index in [9.17, 15) is 0 Å². The lowest BCUT2D eigenvalue weighted by molar-refractivity contribution is 0.601. The molecule has 1 atom stereocenters. The highest BCUT2D eigenvalue weighted by atomic mass is 16.3. The molecule has 1 aliphatic rings. The Bertz CT molecular complexity index is 2550. The first-order valence-corrected chi connectivity index (χ1v) is 16.3. The fraction of sp³-hybridized carbons (Fsp3) is 0.0682. The Morgan fingerprint density at radius 2 is 1.29 bits per heavy atom. The van der Waals surface area contributed by atoms with E-state index in [4.69, 9.17) is 19.4 Å². The zero-order valence-electron chi connectivity index (χ0n) is 26.5. The van der Waals surface area contributed by atoms with E-state index in [0.29, 0.717) is 17.5 Å². The highest BCUT2D eigenvalue weighted by molar-refractivity contribution is 6.15. The summed E-state index contributed by atoms with van der Waals surface area (Å²) in [6, 6.07) is 48.3. The number of fused-ring (bicyclic) bond motifs is 4. The third kappa shape index (κ3) is 4.81. The van der Waals surface area contributed by atoms with Gasteiger partial charge < -0.3 is 4.42 Å². The molecular formula is C44H31N3O. The van der Waals surface area contributed by atoms with Gasteiger partial charge in [0.2, 0.25) is 0 Å². The topological polar surface area (TPSA) is 51.8 Å². The molecule has 48 heavy (non-hydrogen) atoms. The first-order chi connectivity index (χ1) is 23.6. The second kappa shape index (κ2) is 11.3. The molecule has 0 N–H and O–H groups in total. The maximum atomic E-state index is 6.58. The summed E-state index contributed by atoms with van der Waals surface area (Å²) >= 11 is 0. The van der Waals surface area contributed by atoms with Crippen molar-refractivity contribution in [2.75, 3.05) is 0 Å². The number of allylic oxidation sites excluding steroid dienone is 4. The lowest BCUT2D eigenvalue weighted by Crippen LogP contribution is -2.20. The number of furan rings is 1. The monoisotopic (exact) mass is 617 g/mol. The highest BCUT2D eigenvalue weighted by Crippen LogP contribution is 2.41. The van der Waals surface area contributed by atoms with Crippen LogP contribution in [0.25, 0.3) is 72.2 Å². The normalized spacial score (nSPS) is 16.1. The number of rotatable bonds is 5. The Labute approximate surface area is 278 Å². The van der Waals surface area contributed by atoms with Crippen molar-refractivity contribution in [2.45, 2.75) is 18.8 Å². The molecule has 0 saturated heterocycles. The van der Waals surface area contributed by atoms with Crippen LogP contribution in [0.3, 0.4) is 0 Å². The van der Waals surface area contributed by atoms with E-state index in [1.807, 2.05) is 18.2 Å². The Balaban J connectivity index is 1.23. The van der Waals surface area contributed by atoms with Gasteiger partial charge in [-0.1, -0.05) is 153 Å². The fourth-order valence-corrected chi connectivity index (χ4v) is 6.89. The van der Waals surface area contributed by atoms with Gasteiger partial charge in [0.25, 0.3) is 0 Å². The third-order valence-electron chi connectivity index (χ3n) is 9.56. The van der Waals surface area contributed by atoms with Gasteiger partial charge in [0.05, 0.1) is 0 Å². The molecule has 1 unspecified atom stereocenters. The maximum Gasteiger partial charge on any atom is 0.164 e. The van der Waals surface area contributed by atoms with Gasteiger partial charge in [0.1, 0.15) is 11.2 Å². The number of para-hydroxylation sites is 1. The van der Waals surface area contributed by atoms with E-state index in [2.05, 4.69) is 146 Å². The van der Waals surface area contributed by atoms with E-state index in [1.54, 1.807) is 0 Å². The molecule has 8 aromatic rings. The average Bonchev–Trinajstić information content (AvgIpc) is 3.55. The second-order valence-electron chi connectivity index (χ2n) is 12.7. The summed E-state index contributed by atoms with van der Waals surface area (Å²) in [5, 5.41) is 4.35. The smallest absolute Gasteiger partial charge is 0.164 e. The number of hydrogen-bond donors (Lipinski definition) is 0. The molecule has 228 valence electrons. The first kappa shape index (κ1) is 28.1. The minimum atomic E-state index is -0.0977. The summed E-state index contributed by atoms with van der Waals surface area (Å²) < 4.78 is 6.58. The quantitative estimate of drug-likeness (QED) is 0.193. The van der Waals surface area contributed by atoms with Gasteiger partial charge in [-0.15, -0.1) is 0 Å². The standard InChI is InChI=1S/C44H31N3O/c1-44(34-16-6-3-7-17-34)26-24-31(25-27-44)41-45-42(33-23-22-29-12-8-9-15-32(29)28-33)47-43(46-41)37-20-11-21-38-39(37)36-19-10-18-35(40(36)48-38)30-13-4-2-5-14-30/h2-26,28H,27H2,1H3. The third-order valence-corrected chi connectivity index (χ3v) is 9.56. The van der Waals surface area contributed by atoms with Crippen molar-refractivity contribution in [1.82, 2.24) is 15.0 Å². The molecule has 0 spiro atoms. The van der Waals surface area contributed by atoms with Crippen molar-refractivity contribution in [3.05, 3.63) is 169 Å². The van der Waals surface area contributed by atoms with Crippen LogP contribution < -0.4 is 0 Å². The van der Waals surface area contributed by atoms with Gasteiger partial charge in [0.15, 0.2) is 17.5 Å². The average molecular weight is 618 g/mol. The number of hydrogen-bond acceptors (Lipinski definition) is 4. The van der Waals surface area contributed by atoms with Gasteiger partial charge in [-0.2, -0.15) is 0 Å². The van der Waals surface area contributed by atoms with Gasteiger partial charge in [-0.05, 0) is 40.5 Å². The maximum absolute atomic E-state index is 6.58. The number of nitrogens with zero attached hydrogens (tertiary/aromatic N) is 3. The predicted octanol–water partition coefficient (Wildman–Crippen LogP) is 11.2. The first-order valence-electron chi connectivity index (χ1n) is 16.3. The van der Waals surface area contributed by atoms with Crippen molar-refractivity contribution in [3.8, 4) is 33.9 Å². The minimum absolute atomic E-state index is 0.0977. The predicted molar refractivity (Wildman–Crippen MR) is 196 cm³/mol. The van der Waals surface area contributed by atoms with E-state index >= 15 is 0 Å². The molecule has 0 radical (unpaired) electrons. The lowest BCUT2D eigenvalue weighted by atomic mass is 9.76. The number of benzene rings is 6. The van der Waals surface area contributed by atoms with Crippen LogP contribution in [0.1, 0.15) is 24.7 Å². The molecular weight excluding hydrogens is 587 g/mol. The van der Waals surface area contributed by atoms with E-state index in [0.717, 1.165) is 61.6 Å². The van der Waals surface area contributed by atoms with Crippen LogP contribution in [0, 0.1) is 0 Å². The highest BCUT2D eigenvalue weighted by Gasteiger charge is 2.26. The van der Waals surface area contributed by atoms with Gasteiger partial charge in [-0.3, -0.25) is 0 Å². The molecule has 6 aromatic carbocycles. The fourth-order valence-electron chi connectivity index (χ4n) is 6.89. The van der Waals surface area contributed by atoms with Crippen LogP contribution in [0.2, 0.25) is 0 Å². The SMILES string of the molecule is CC1(c2ccccc2)C=CC(c2nc(-c3ccc4ccccc4c3)nc(-c3cccc4oc5c(-c6ccccc6)cccc5c34)n2)=CC1. The molecule has 4 nitrogen and oxygen atoms in total. The summed E-state index contributed by atoms with van der Waals surface area (Å²) in [4.78, 5) is 15.4. The summed E-state index contributed by atoms with van der Waals surface area (Å²) in [6.07, 6.45) is 7.56. The van der Waals surface area contributed by atoms with Crippen LogP contribution in [0.15, 0.2) is 162 Å². The summed E-state index contributed by atoms with van der Waals surface area (Å²) in [5.74, 6) is 1.91. The van der Waals surface area contributed by atoms with E-state index in [1.165, 1.54) is 10.9 Å². The molecule has 2 aromatic heterocycles. The van der Waals surface area contributed by atoms with Gasteiger partial charge >= 0.3 is 0 Å². The zero-order chi connectivity index (χ0) is 32.1. The van der Waals surface area contributed by atoms with Gasteiger partial charge in [-0.25, -0.2) is 15.0 Å². The molecule has 0 bridgehead atoms. The Kier molecular flexibility index (Phi) is 6.61. The molecule has 0 amide bonds. The summed E-state index contributed by atoms with van der Waals surface area (Å²) in [5.41, 5.74) is 7.87. The molecule has 2 heterocycles. The van der Waals surface area contributed by atoms with Crippen molar-refractivity contribution in [1.29, 1.82) is 0 Å². The van der Waals surface area contributed by atoms with E-state index in [-0.39, 0.29) is 5.41 Å². The Morgan fingerprint density at radius 1 is 0.583 bits per heavy atom. The largest absolute Gasteiger partial charge is 0.455 e.